The van der Waals surface area contributed by atoms with Crippen LogP contribution in [-0.2, 0) is 28.9 Å². The first-order valence-corrected chi connectivity index (χ1v) is 13.0. The number of aromatic nitrogens is 2. The molecule has 32 heavy (non-hydrogen) atoms. The van der Waals surface area contributed by atoms with Crippen molar-refractivity contribution in [3.05, 3.63) is 50.6 Å². The molecule has 0 radical (unpaired) electrons. The number of thioether (sulfide) groups is 1. The second kappa shape index (κ2) is 10.2. The Hall–Kier alpha value is -2.16. The van der Waals surface area contributed by atoms with Crippen molar-refractivity contribution in [1.82, 2.24) is 9.55 Å². The largest absolute Gasteiger partial charge is 0.376 e. The number of aryl methyl sites for hydroxylation is 3. The summed E-state index contributed by atoms with van der Waals surface area (Å²) in [6, 6.07) is 7.82. The van der Waals surface area contributed by atoms with Crippen LogP contribution < -0.4 is 10.9 Å². The maximum Gasteiger partial charge on any atom is 0.263 e. The van der Waals surface area contributed by atoms with Crippen LogP contribution in [0.3, 0.4) is 0 Å². The van der Waals surface area contributed by atoms with Crippen molar-refractivity contribution >= 4 is 44.9 Å². The minimum absolute atomic E-state index is 0.0152. The number of carbonyl (C=O) groups excluding carboxylic acids is 1. The minimum Gasteiger partial charge on any atom is -0.376 e. The number of thiophene rings is 1. The average Bonchev–Trinajstić information content (AvgIpc) is 3.41. The van der Waals surface area contributed by atoms with E-state index in [1.165, 1.54) is 11.8 Å². The van der Waals surface area contributed by atoms with Crippen LogP contribution >= 0.6 is 23.1 Å². The molecule has 0 bridgehead atoms. The molecule has 1 aliphatic heterocycles. The number of carbonyl (C=O) groups is 1. The number of benzene rings is 1. The second-order valence-electron chi connectivity index (χ2n) is 7.96. The Kier molecular flexibility index (Phi) is 7.33. The van der Waals surface area contributed by atoms with E-state index < -0.39 is 0 Å². The number of amides is 1. The van der Waals surface area contributed by atoms with Crippen LogP contribution in [-0.4, -0.2) is 33.9 Å². The molecule has 0 spiro atoms. The Balaban J connectivity index is 1.61. The zero-order valence-electron chi connectivity index (χ0n) is 18.8. The topological polar surface area (TPSA) is 73.2 Å². The molecule has 1 fully saturated rings. The third-order valence-electron chi connectivity index (χ3n) is 5.85. The lowest BCUT2D eigenvalue weighted by Gasteiger charge is -2.16. The number of rotatable bonds is 8. The van der Waals surface area contributed by atoms with E-state index in [2.05, 4.69) is 19.2 Å². The first kappa shape index (κ1) is 23.0. The molecule has 1 amide bonds. The van der Waals surface area contributed by atoms with Crippen molar-refractivity contribution in [2.45, 2.75) is 64.3 Å². The van der Waals surface area contributed by atoms with E-state index in [1.54, 1.807) is 15.9 Å². The van der Waals surface area contributed by atoms with Crippen molar-refractivity contribution in [3.63, 3.8) is 0 Å². The van der Waals surface area contributed by atoms with E-state index in [1.807, 2.05) is 31.2 Å². The fourth-order valence-corrected chi connectivity index (χ4v) is 6.15. The van der Waals surface area contributed by atoms with Gasteiger partial charge in [-0.05, 0) is 49.8 Å². The highest BCUT2D eigenvalue weighted by Crippen LogP contribution is 2.30. The van der Waals surface area contributed by atoms with E-state index in [0.29, 0.717) is 11.7 Å². The van der Waals surface area contributed by atoms with Crippen molar-refractivity contribution in [2.75, 3.05) is 17.7 Å². The molecule has 1 aromatic carbocycles. The van der Waals surface area contributed by atoms with Crippen LogP contribution in [0, 0.1) is 6.92 Å². The molecular formula is C24H29N3O3S2. The summed E-state index contributed by atoms with van der Waals surface area (Å²) >= 11 is 2.87. The standard InChI is InChI=1S/C24H29N3O3S2/c1-4-16-9-6-7-11-19(16)25-20(28)14-31-24-26-22-21(18(5-2)15(3)32-22)23(29)27(24)13-17-10-8-12-30-17/h6-7,9,11,17H,4-5,8,10,12-14H2,1-3H3,(H,25,28). The fourth-order valence-electron chi connectivity index (χ4n) is 4.19. The van der Waals surface area contributed by atoms with Gasteiger partial charge in [-0.25, -0.2) is 4.98 Å². The predicted molar refractivity (Wildman–Crippen MR) is 132 cm³/mol. The Labute approximate surface area is 196 Å². The summed E-state index contributed by atoms with van der Waals surface area (Å²) in [5.41, 5.74) is 2.99. The number of anilines is 1. The number of nitrogens with zero attached hydrogens (tertiary/aromatic N) is 2. The third-order valence-corrected chi connectivity index (χ3v) is 7.86. The lowest BCUT2D eigenvalue weighted by molar-refractivity contribution is -0.113. The number of ether oxygens (including phenoxy) is 1. The highest BCUT2D eigenvalue weighted by atomic mass is 32.2. The molecule has 8 heteroatoms. The quantitative estimate of drug-likeness (QED) is 0.377. The molecular weight excluding hydrogens is 442 g/mol. The van der Waals surface area contributed by atoms with Gasteiger partial charge in [-0.15, -0.1) is 11.3 Å². The fraction of sp³-hybridized carbons (Fsp3) is 0.458. The number of fused-ring (bicyclic) bond motifs is 1. The van der Waals surface area contributed by atoms with Gasteiger partial charge in [0.25, 0.3) is 5.56 Å². The van der Waals surface area contributed by atoms with Crippen LogP contribution in [0.2, 0.25) is 0 Å². The molecule has 3 heterocycles. The van der Waals surface area contributed by atoms with E-state index in [-0.39, 0.29) is 23.3 Å². The van der Waals surface area contributed by atoms with Crippen LogP contribution in [0.15, 0.2) is 34.2 Å². The molecule has 2 aromatic heterocycles. The summed E-state index contributed by atoms with van der Waals surface area (Å²) in [4.78, 5) is 32.9. The number of nitrogens with one attached hydrogen (secondary N) is 1. The molecule has 1 unspecified atom stereocenters. The van der Waals surface area contributed by atoms with Crippen LogP contribution in [0.1, 0.15) is 42.7 Å². The molecule has 0 saturated carbocycles. The van der Waals surface area contributed by atoms with Crippen molar-refractivity contribution in [3.8, 4) is 0 Å². The van der Waals surface area contributed by atoms with Crippen molar-refractivity contribution in [1.29, 1.82) is 0 Å². The first-order chi connectivity index (χ1) is 15.5. The number of hydrogen-bond donors (Lipinski definition) is 1. The molecule has 1 aliphatic rings. The van der Waals surface area contributed by atoms with Gasteiger partial charge in [0.05, 0.1) is 23.8 Å². The Bertz CT molecular complexity index is 1180. The van der Waals surface area contributed by atoms with Gasteiger partial charge in [0.2, 0.25) is 5.91 Å². The molecule has 1 atom stereocenters. The smallest absolute Gasteiger partial charge is 0.263 e. The number of hydrogen-bond acceptors (Lipinski definition) is 6. The van der Waals surface area contributed by atoms with Crippen LogP contribution in [0.4, 0.5) is 5.69 Å². The molecule has 4 rings (SSSR count). The van der Waals surface area contributed by atoms with Gasteiger partial charge in [0.1, 0.15) is 4.83 Å². The van der Waals surface area contributed by atoms with Gasteiger partial charge in [0.15, 0.2) is 5.16 Å². The normalized spacial score (nSPS) is 16.0. The van der Waals surface area contributed by atoms with E-state index in [4.69, 9.17) is 9.72 Å². The van der Waals surface area contributed by atoms with Gasteiger partial charge in [0, 0.05) is 17.2 Å². The Morgan fingerprint density at radius 1 is 1.31 bits per heavy atom. The van der Waals surface area contributed by atoms with Gasteiger partial charge in [-0.2, -0.15) is 0 Å². The van der Waals surface area contributed by atoms with Crippen LogP contribution in [0.5, 0.6) is 0 Å². The molecule has 1 N–H and O–H groups in total. The molecule has 170 valence electrons. The first-order valence-electron chi connectivity index (χ1n) is 11.2. The summed E-state index contributed by atoms with van der Waals surface area (Å²) in [5.74, 6) is 0.0810. The monoisotopic (exact) mass is 471 g/mol. The highest BCUT2D eigenvalue weighted by Gasteiger charge is 2.23. The van der Waals surface area contributed by atoms with Crippen LogP contribution in [0.25, 0.3) is 10.2 Å². The SMILES string of the molecule is CCc1ccccc1NC(=O)CSc1nc2sc(C)c(CC)c2c(=O)n1CC1CCCO1. The van der Waals surface area contributed by atoms with E-state index >= 15 is 0 Å². The highest BCUT2D eigenvalue weighted by molar-refractivity contribution is 7.99. The maximum absolute atomic E-state index is 13.5. The number of para-hydroxylation sites is 1. The second-order valence-corrected chi connectivity index (χ2v) is 10.1. The van der Waals surface area contributed by atoms with Gasteiger partial charge < -0.3 is 10.1 Å². The Morgan fingerprint density at radius 2 is 2.12 bits per heavy atom. The van der Waals surface area contributed by atoms with Gasteiger partial charge >= 0.3 is 0 Å². The Morgan fingerprint density at radius 3 is 2.84 bits per heavy atom. The summed E-state index contributed by atoms with van der Waals surface area (Å²) in [7, 11) is 0. The van der Waals surface area contributed by atoms with E-state index in [0.717, 1.165) is 64.2 Å². The van der Waals surface area contributed by atoms with E-state index in [9.17, 15) is 9.59 Å². The zero-order valence-corrected chi connectivity index (χ0v) is 20.4. The minimum atomic E-state index is -0.106. The lowest BCUT2D eigenvalue weighted by atomic mass is 10.1. The average molecular weight is 472 g/mol. The van der Waals surface area contributed by atoms with Gasteiger partial charge in [-0.3, -0.25) is 14.2 Å². The maximum atomic E-state index is 13.5. The molecule has 6 nitrogen and oxygen atoms in total. The predicted octanol–water partition coefficient (Wildman–Crippen LogP) is 4.80. The summed E-state index contributed by atoms with van der Waals surface area (Å²) < 4.78 is 7.52. The molecule has 1 saturated heterocycles. The molecule has 3 aromatic rings. The summed E-state index contributed by atoms with van der Waals surface area (Å²) in [6.45, 7) is 7.38. The van der Waals surface area contributed by atoms with Crippen molar-refractivity contribution in [2.24, 2.45) is 0 Å². The van der Waals surface area contributed by atoms with Crippen molar-refractivity contribution < 1.29 is 9.53 Å². The summed E-state index contributed by atoms with van der Waals surface area (Å²) in [5, 5.41) is 4.31. The zero-order chi connectivity index (χ0) is 22.7. The molecule has 0 aliphatic carbocycles. The third kappa shape index (κ3) is 4.77. The lowest BCUT2D eigenvalue weighted by Crippen LogP contribution is -2.29. The van der Waals surface area contributed by atoms with Gasteiger partial charge in [-0.1, -0.05) is 43.8 Å². The summed E-state index contributed by atoms with van der Waals surface area (Å²) in [6.07, 6.45) is 3.61.